The summed E-state index contributed by atoms with van der Waals surface area (Å²) in [5, 5.41) is 19.3. The first-order valence-electron chi connectivity index (χ1n) is 6.11. The zero-order valence-corrected chi connectivity index (χ0v) is 10.8. The van der Waals surface area contributed by atoms with Gasteiger partial charge in [0.25, 0.3) is 0 Å². The standard InChI is InChI=1S/C15H11NO5/c17-13-7-8-14(18)16(13)10-3-5-11(6-4-10)21-15(19)12-2-1-9-20-12/h1-9,17-18H. The third kappa shape index (κ3) is 2.46. The molecular formula is C15H11NO5. The van der Waals surface area contributed by atoms with Crippen molar-refractivity contribution in [2.75, 3.05) is 0 Å². The first-order chi connectivity index (χ1) is 10.1. The second kappa shape index (κ2) is 5.09. The van der Waals surface area contributed by atoms with Crippen LogP contribution in [0.2, 0.25) is 0 Å². The van der Waals surface area contributed by atoms with E-state index >= 15 is 0 Å². The molecule has 0 fully saturated rings. The van der Waals surface area contributed by atoms with E-state index in [1.54, 1.807) is 30.3 Å². The lowest BCUT2D eigenvalue weighted by Crippen LogP contribution is -2.07. The van der Waals surface area contributed by atoms with Gasteiger partial charge < -0.3 is 19.4 Å². The van der Waals surface area contributed by atoms with Crippen LogP contribution in [0.4, 0.5) is 0 Å². The van der Waals surface area contributed by atoms with E-state index in [9.17, 15) is 15.0 Å². The fourth-order valence-electron chi connectivity index (χ4n) is 1.90. The van der Waals surface area contributed by atoms with Crippen molar-refractivity contribution in [1.82, 2.24) is 4.57 Å². The SMILES string of the molecule is O=C(Oc1ccc(-n2c(O)ccc2O)cc1)c1ccco1. The maximum atomic E-state index is 11.7. The molecular weight excluding hydrogens is 274 g/mol. The highest BCUT2D eigenvalue weighted by molar-refractivity contribution is 5.88. The van der Waals surface area contributed by atoms with Crippen molar-refractivity contribution >= 4 is 5.97 Å². The van der Waals surface area contributed by atoms with E-state index < -0.39 is 5.97 Å². The number of carbonyl (C=O) groups is 1. The molecule has 0 unspecified atom stereocenters. The van der Waals surface area contributed by atoms with Crippen LogP contribution in [0.5, 0.6) is 17.5 Å². The highest BCUT2D eigenvalue weighted by atomic mass is 16.5. The van der Waals surface area contributed by atoms with Gasteiger partial charge >= 0.3 is 5.97 Å². The number of hydrogen-bond donors (Lipinski definition) is 2. The van der Waals surface area contributed by atoms with Crippen molar-refractivity contribution in [2.24, 2.45) is 0 Å². The van der Waals surface area contributed by atoms with Crippen molar-refractivity contribution in [1.29, 1.82) is 0 Å². The second-order valence-electron chi connectivity index (χ2n) is 4.25. The highest BCUT2D eigenvalue weighted by Gasteiger charge is 2.12. The summed E-state index contributed by atoms with van der Waals surface area (Å²) in [6.45, 7) is 0. The van der Waals surface area contributed by atoms with Gasteiger partial charge in [0.15, 0.2) is 11.8 Å². The number of ether oxygens (including phenoxy) is 1. The molecule has 0 aliphatic heterocycles. The van der Waals surface area contributed by atoms with E-state index in [0.717, 1.165) is 0 Å². The lowest BCUT2D eigenvalue weighted by Gasteiger charge is -2.08. The number of carbonyl (C=O) groups excluding carboxylic acids is 1. The molecule has 3 rings (SSSR count). The van der Waals surface area contributed by atoms with Crippen molar-refractivity contribution < 1.29 is 24.2 Å². The summed E-state index contributed by atoms with van der Waals surface area (Å²) < 4.78 is 11.3. The fraction of sp³-hybridized carbons (Fsp3) is 0. The Balaban J connectivity index is 1.80. The predicted octanol–water partition coefficient (Wildman–Crippen LogP) is 2.70. The van der Waals surface area contributed by atoms with Gasteiger partial charge in [-0.3, -0.25) is 4.57 Å². The molecule has 0 saturated carbocycles. The molecule has 0 amide bonds. The summed E-state index contributed by atoms with van der Waals surface area (Å²) in [6.07, 6.45) is 1.39. The van der Waals surface area contributed by atoms with Crippen molar-refractivity contribution in [3.63, 3.8) is 0 Å². The molecule has 2 aromatic heterocycles. The fourth-order valence-corrected chi connectivity index (χ4v) is 1.90. The molecule has 0 aliphatic rings. The summed E-state index contributed by atoms with van der Waals surface area (Å²) in [7, 11) is 0. The van der Waals surface area contributed by atoms with E-state index in [0.29, 0.717) is 11.4 Å². The number of benzene rings is 1. The van der Waals surface area contributed by atoms with E-state index in [4.69, 9.17) is 9.15 Å². The van der Waals surface area contributed by atoms with Crippen LogP contribution in [0.3, 0.4) is 0 Å². The van der Waals surface area contributed by atoms with Crippen LogP contribution < -0.4 is 4.74 Å². The van der Waals surface area contributed by atoms with Gasteiger partial charge in [-0.1, -0.05) is 0 Å². The number of aromatic hydroxyl groups is 2. The molecule has 2 heterocycles. The number of hydrogen-bond acceptors (Lipinski definition) is 5. The molecule has 2 N–H and O–H groups in total. The maximum Gasteiger partial charge on any atom is 0.379 e. The third-order valence-corrected chi connectivity index (χ3v) is 2.87. The van der Waals surface area contributed by atoms with Gasteiger partial charge in [-0.2, -0.15) is 0 Å². The van der Waals surface area contributed by atoms with Crippen molar-refractivity contribution in [3.05, 3.63) is 60.6 Å². The molecule has 1 aromatic carbocycles. The molecule has 106 valence electrons. The minimum absolute atomic E-state index is 0.0900. The van der Waals surface area contributed by atoms with Crippen molar-refractivity contribution in [3.8, 4) is 23.2 Å². The van der Waals surface area contributed by atoms with E-state index in [-0.39, 0.29) is 17.5 Å². The minimum Gasteiger partial charge on any atom is -0.494 e. The molecule has 0 spiro atoms. The largest absolute Gasteiger partial charge is 0.494 e. The minimum atomic E-state index is -0.598. The molecule has 0 aliphatic carbocycles. The van der Waals surface area contributed by atoms with Crippen molar-refractivity contribution in [2.45, 2.75) is 0 Å². The lowest BCUT2D eigenvalue weighted by molar-refractivity contribution is 0.0701. The summed E-state index contributed by atoms with van der Waals surface area (Å²) >= 11 is 0. The van der Waals surface area contributed by atoms with Crippen LogP contribution in [-0.4, -0.2) is 20.7 Å². The Labute approximate surface area is 119 Å². The molecule has 0 saturated heterocycles. The molecule has 6 heteroatoms. The Hall–Kier alpha value is -3.15. The van der Waals surface area contributed by atoms with Gasteiger partial charge in [0, 0.05) is 12.1 Å². The zero-order valence-electron chi connectivity index (χ0n) is 10.8. The van der Waals surface area contributed by atoms with Gasteiger partial charge in [0.05, 0.1) is 12.0 Å². The first kappa shape index (κ1) is 12.9. The highest BCUT2D eigenvalue weighted by Crippen LogP contribution is 2.27. The van der Waals surface area contributed by atoms with E-state index in [1.807, 2.05) is 0 Å². The number of aromatic nitrogens is 1. The van der Waals surface area contributed by atoms with E-state index in [2.05, 4.69) is 0 Å². The van der Waals surface area contributed by atoms with Crippen LogP contribution in [-0.2, 0) is 0 Å². The van der Waals surface area contributed by atoms with Crippen LogP contribution >= 0.6 is 0 Å². The molecule has 0 radical (unpaired) electrons. The van der Waals surface area contributed by atoms with E-state index in [1.165, 1.54) is 29.0 Å². The maximum absolute atomic E-state index is 11.7. The summed E-state index contributed by atoms with van der Waals surface area (Å²) in [5.41, 5.74) is 0.535. The topological polar surface area (TPSA) is 84.8 Å². The summed E-state index contributed by atoms with van der Waals surface area (Å²) in [6, 6.07) is 12.2. The second-order valence-corrected chi connectivity index (χ2v) is 4.25. The lowest BCUT2D eigenvalue weighted by atomic mass is 10.3. The van der Waals surface area contributed by atoms with Gasteiger partial charge in [-0.25, -0.2) is 4.79 Å². The molecule has 6 nitrogen and oxygen atoms in total. The third-order valence-electron chi connectivity index (χ3n) is 2.87. The summed E-state index contributed by atoms with van der Waals surface area (Å²) in [5.74, 6) is -0.342. The average Bonchev–Trinajstić information content (AvgIpc) is 3.11. The molecule has 0 atom stereocenters. The normalized spacial score (nSPS) is 10.5. The first-order valence-corrected chi connectivity index (χ1v) is 6.11. The predicted molar refractivity (Wildman–Crippen MR) is 72.8 cm³/mol. The van der Waals surface area contributed by atoms with Crippen LogP contribution in [0, 0.1) is 0 Å². The average molecular weight is 285 g/mol. The number of nitrogens with zero attached hydrogens (tertiary/aromatic N) is 1. The summed E-state index contributed by atoms with van der Waals surface area (Å²) in [4.78, 5) is 11.7. The molecule has 21 heavy (non-hydrogen) atoms. The quantitative estimate of drug-likeness (QED) is 0.571. The monoisotopic (exact) mass is 285 g/mol. The number of rotatable bonds is 3. The number of furan rings is 1. The van der Waals surface area contributed by atoms with Crippen LogP contribution in [0.15, 0.2) is 59.2 Å². The number of esters is 1. The van der Waals surface area contributed by atoms with Gasteiger partial charge in [-0.15, -0.1) is 0 Å². The van der Waals surface area contributed by atoms with Gasteiger partial charge in [0.1, 0.15) is 5.75 Å². The Morgan fingerprint density at radius 1 is 1.00 bits per heavy atom. The van der Waals surface area contributed by atoms with Crippen LogP contribution in [0.1, 0.15) is 10.6 Å². The van der Waals surface area contributed by atoms with Gasteiger partial charge in [-0.05, 0) is 36.4 Å². The molecule has 0 bridgehead atoms. The Kier molecular flexibility index (Phi) is 3.12. The Morgan fingerprint density at radius 3 is 2.24 bits per heavy atom. The van der Waals surface area contributed by atoms with Gasteiger partial charge in [0.2, 0.25) is 5.76 Å². The Morgan fingerprint density at radius 2 is 1.67 bits per heavy atom. The van der Waals surface area contributed by atoms with Crippen LogP contribution in [0.25, 0.3) is 5.69 Å². The zero-order chi connectivity index (χ0) is 14.8. The Bertz CT molecular complexity index is 736. The smallest absolute Gasteiger partial charge is 0.379 e. The molecule has 3 aromatic rings.